The molecule has 1 aliphatic rings. The number of carbonyl (C=O) groups is 2. The van der Waals surface area contributed by atoms with Crippen molar-refractivity contribution in [2.75, 3.05) is 13.1 Å². The van der Waals surface area contributed by atoms with Crippen molar-refractivity contribution in [1.29, 1.82) is 0 Å². The molecule has 1 aliphatic heterocycles. The fourth-order valence-corrected chi connectivity index (χ4v) is 3.84. The summed E-state index contributed by atoms with van der Waals surface area (Å²) in [6.07, 6.45) is 3.72. The summed E-state index contributed by atoms with van der Waals surface area (Å²) in [7, 11) is 0. The molecule has 0 saturated carbocycles. The van der Waals surface area contributed by atoms with Gasteiger partial charge in [-0.1, -0.05) is 11.6 Å². The van der Waals surface area contributed by atoms with E-state index in [0.717, 1.165) is 29.5 Å². The summed E-state index contributed by atoms with van der Waals surface area (Å²) < 4.78 is 5.22. The predicted octanol–water partition coefficient (Wildman–Crippen LogP) is 3.97. The monoisotopic (exact) mass is 399 g/mol. The molecular formula is C21H22ClN3O3. The topological polar surface area (TPSA) is 78.3 Å². The minimum Gasteiger partial charge on any atom is -0.467 e. The van der Waals surface area contributed by atoms with Crippen molar-refractivity contribution in [3.63, 3.8) is 0 Å². The van der Waals surface area contributed by atoms with Gasteiger partial charge in [-0.3, -0.25) is 9.59 Å². The summed E-state index contributed by atoms with van der Waals surface area (Å²) in [4.78, 5) is 29.9. The number of carbonyl (C=O) groups excluding carboxylic acids is 2. The molecule has 3 aromatic rings. The van der Waals surface area contributed by atoms with Gasteiger partial charge in [0.05, 0.1) is 12.8 Å². The number of rotatable bonds is 5. The van der Waals surface area contributed by atoms with Crippen LogP contribution in [0.15, 0.2) is 47.1 Å². The number of halogens is 1. The van der Waals surface area contributed by atoms with Gasteiger partial charge in [0.1, 0.15) is 11.5 Å². The molecule has 1 saturated heterocycles. The average molecular weight is 400 g/mol. The summed E-state index contributed by atoms with van der Waals surface area (Å²) in [5.41, 5.74) is 1.47. The first-order chi connectivity index (χ1) is 13.6. The lowest BCUT2D eigenvalue weighted by atomic mass is 9.93. The molecule has 0 radical (unpaired) electrons. The van der Waals surface area contributed by atoms with Crippen LogP contribution < -0.4 is 5.32 Å². The van der Waals surface area contributed by atoms with E-state index in [9.17, 15) is 9.59 Å². The van der Waals surface area contributed by atoms with Crippen molar-refractivity contribution in [3.8, 4) is 0 Å². The average Bonchev–Trinajstić information content (AvgIpc) is 3.35. The van der Waals surface area contributed by atoms with Crippen molar-refractivity contribution in [1.82, 2.24) is 15.2 Å². The molecule has 2 aromatic heterocycles. The minimum absolute atomic E-state index is 0.00644. The van der Waals surface area contributed by atoms with Gasteiger partial charge < -0.3 is 19.6 Å². The van der Waals surface area contributed by atoms with Gasteiger partial charge in [-0.15, -0.1) is 0 Å². The van der Waals surface area contributed by atoms with Gasteiger partial charge in [-0.25, -0.2) is 0 Å². The second-order valence-corrected chi connectivity index (χ2v) is 7.65. The number of aromatic nitrogens is 1. The summed E-state index contributed by atoms with van der Waals surface area (Å²) in [6, 6.07) is 11.0. The Balaban J connectivity index is 1.28. The lowest BCUT2D eigenvalue weighted by Crippen LogP contribution is -2.39. The van der Waals surface area contributed by atoms with Gasteiger partial charge in [-0.2, -0.15) is 0 Å². The van der Waals surface area contributed by atoms with E-state index < -0.39 is 0 Å². The van der Waals surface area contributed by atoms with E-state index in [1.807, 2.05) is 29.2 Å². The number of piperidine rings is 1. The number of H-pyrrole nitrogens is 1. The highest BCUT2D eigenvalue weighted by molar-refractivity contribution is 6.31. The zero-order valence-electron chi connectivity index (χ0n) is 15.4. The molecule has 1 aromatic carbocycles. The number of nitrogens with one attached hydrogen (secondary N) is 2. The van der Waals surface area contributed by atoms with E-state index >= 15 is 0 Å². The molecule has 4 rings (SSSR count). The molecule has 0 unspecified atom stereocenters. The molecule has 2 N–H and O–H groups in total. The standard InChI is InChI=1S/C21H22ClN3O3/c22-16-3-4-18-15(11-16)12-19(24-18)21(27)25-7-5-14(6-8-25)10-20(26)23-13-17-2-1-9-28-17/h1-4,9,11-12,14,24H,5-8,10,13H2,(H,23,26). The molecule has 2 amide bonds. The number of hydrogen-bond donors (Lipinski definition) is 2. The Morgan fingerprint density at radius 3 is 2.79 bits per heavy atom. The van der Waals surface area contributed by atoms with E-state index in [0.29, 0.717) is 42.7 Å². The number of likely N-dealkylation sites (tertiary alicyclic amines) is 1. The number of benzene rings is 1. The molecule has 146 valence electrons. The molecular weight excluding hydrogens is 378 g/mol. The van der Waals surface area contributed by atoms with Crippen molar-refractivity contribution >= 4 is 34.3 Å². The molecule has 0 atom stereocenters. The van der Waals surface area contributed by atoms with E-state index in [1.54, 1.807) is 18.4 Å². The zero-order valence-corrected chi connectivity index (χ0v) is 16.2. The molecule has 7 heteroatoms. The highest BCUT2D eigenvalue weighted by Crippen LogP contribution is 2.24. The quantitative estimate of drug-likeness (QED) is 0.681. The maximum Gasteiger partial charge on any atom is 0.270 e. The summed E-state index contributed by atoms with van der Waals surface area (Å²) in [5.74, 6) is 1.05. The van der Waals surface area contributed by atoms with Crippen LogP contribution in [-0.4, -0.2) is 34.8 Å². The van der Waals surface area contributed by atoms with E-state index in [2.05, 4.69) is 10.3 Å². The van der Waals surface area contributed by atoms with Crippen molar-refractivity contribution in [3.05, 3.63) is 59.1 Å². The second-order valence-electron chi connectivity index (χ2n) is 7.21. The normalized spacial score (nSPS) is 15.1. The lowest BCUT2D eigenvalue weighted by Gasteiger charge is -2.31. The van der Waals surface area contributed by atoms with Gasteiger partial charge in [-0.05, 0) is 55.2 Å². The third kappa shape index (κ3) is 4.22. The Morgan fingerprint density at radius 2 is 2.04 bits per heavy atom. The largest absolute Gasteiger partial charge is 0.467 e. The fourth-order valence-electron chi connectivity index (χ4n) is 3.66. The number of aromatic amines is 1. The van der Waals surface area contributed by atoms with Gasteiger partial charge in [0.15, 0.2) is 0 Å². The van der Waals surface area contributed by atoms with Gasteiger partial charge >= 0.3 is 0 Å². The van der Waals surface area contributed by atoms with Crippen LogP contribution in [0.25, 0.3) is 10.9 Å². The van der Waals surface area contributed by atoms with Gasteiger partial charge in [0.2, 0.25) is 5.91 Å². The Hall–Kier alpha value is -2.73. The third-order valence-electron chi connectivity index (χ3n) is 5.23. The highest BCUT2D eigenvalue weighted by Gasteiger charge is 2.26. The van der Waals surface area contributed by atoms with Gasteiger partial charge in [0, 0.05) is 35.4 Å². The molecule has 3 heterocycles. The fraction of sp³-hybridized carbons (Fsp3) is 0.333. The van der Waals surface area contributed by atoms with Crippen LogP contribution in [0.1, 0.15) is 35.5 Å². The molecule has 1 fully saturated rings. The van der Waals surface area contributed by atoms with Crippen LogP contribution in [-0.2, 0) is 11.3 Å². The van der Waals surface area contributed by atoms with Crippen LogP contribution >= 0.6 is 11.6 Å². The van der Waals surface area contributed by atoms with Gasteiger partial charge in [0.25, 0.3) is 5.91 Å². The molecule has 28 heavy (non-hydrogen) atoms. The Kier molecular flexibility index (Phi) is 5.39. The van der Waals surface area contributed by atoms with Crippen molar-refractivity contribution < 1.29 is 14.0 Å². The molecule has 0 aliphatic carbocycles. The van der Waals surface area contributed by atoms with E-state index in [4.69, 9.17) is 16.0 Å². The molecule has 0 bridgehead atoms. The SMILES string of the molecule is O=C(CC1CCN(C(=O)c2cc3cc(Cl)ccc3[nH]2)CC1)NCc1ccco1. The number of amides is 2. The highest BCUT2D eigenvalue weighted by atomic mass is 35.5. The van der Waals surface area contributed by atoms with Crippen LogP contribution in [0.2, 0.25) is 5.02 Å². The Labute approximate surface area is 167 Å². The number of hydrogen-bond acceptors (Lipinski definition) is 3. The first-order valence-corrected chi connectivity index (χ1v) is 9.83. The number of fused-ring (bicyclic) bond motifs is 1. The third-order valence-corrected chi connectivity index (χ3v) is 5.46. The summed E-state index contributed by atoms with van der Waals surface area (Å²) >= 11 is 6.02. The van der Waals surface area contributed by atoms with Crippen LogP contribution in [0.3, 0.4) is 0 Å². The molecule has 6 nitrogen and oxygen atoms in total. The first kappa shape index (κ1) is 18.6. The van der Waals surface area contributed by atoms with Crippen LogP contribution in [0.5, 0.6) is 0 Å². The number of nitrogens with zero attached hydrogens (tertiary/aromatic N) is 1. The number of furan rings is 1. The van der Waals surface area contributed by atoms with Crippen molar-refractivity contribution in [2.24, 2.45) is 5.92 Å². The maximum absolute atomic E-state index is 12.8. The van der Waals surface area contributed by atoms with E-state index in [-0.39, 0.29) is 11.8 Å². The van der Waals surface area contributed by atoms with Crippen LogP contribution in [0.4, 0.5) is 0 Å². The predicted molar refractivity (Wildman–Crippen MR) is 107 cm³/mol. The summed E-state index contributed by atoms with van der Waals surface area (Å²) in [5, 5.41) is 4.46. The molecule has 0 spiro atoms. The summed E-state index contributed by atoms with van der Waals surface area (Å²) in [6.45, 7) is 1.73. The second kappa shape index (κ2) is 8.10. The maximum atomic E-state index is 12.8. The van der Waals surface area contributed by atoms with Crippen molar-refractivity contribution in [2.45, 2.75) is 25.8 Å². The smallest absolute Gasteiger partial charge is 0.270 e. The zero-order chi connectivity index (χ0) is 19.5. The minimum atomic E-state index is -0.00644. The Morgan fingerprint density at radius 1 is 1.21 bits per heavy atom. The Bertz CT molecular complexity index is 972. The first-order valence-electron chi connectivity index (χ1n) is 9.45. The van der Waals surface area contributed by atoms with Crippen LogP contribution in [0, 0.1) is 5.92 Å². The van der Waals surface area contributed by atoms with E-state index in [1.165, 1.54) is 0 Å². The lowest BCUT2D eigenvalue weighted by molar-refractivity contribution is -0.122.